The van der Waals surface area contributed by atoms with Gasteiger partial charge < -0.3 is 9.47 Å². The van der Waals surface area contributed by atoms with Crippen LogP contribution in [0.2, 0.25) is 0 Å². The SMILES string of the molecule is CCCCn1c(N2CCC[C@H](C)C2)nc2c1c(=O)[nH]c(=O)n2C. The van der Waals surface area contributed by atoms with Gasteiger partial charge in [0.05, 0.1) is 0 Å². The average Bonchev–Trinajstić information content (AvgIpc) is 2.91. The number of nitrogens with one attached hydrogen (secondary N) is 1. The van der Waals surface area contributed by atoms with E-state index in [2.05, 4.69) is 28.7 Å². The quantitative estimate of drug-likeness (QED) is 0.925. The van der Waals surface area contributed by atoms with Crippen molar-refractivity contribution in [1.82, 2.24) is 19.1 Å². The summed E-state index contributed by atoms with van der Waals surface area (Å²) in [4.78, 5) is 33.5. The van der Waals surface area contributed by atoms with E-state index in [1.807, 2.05) is 4.57 Å². The molecule has 7 heteroatoms. The second-order valence-electron chi connectivity index (χ2n) is 6.60. The first kappa shape index (κ1) is 15.8. The Bertz CT molecular complexity index is 816. The minimum Gasteiger partial charge on any atom is -0.342 e. The van der Waals surface area contributed by atoms with Crippen LogP contribution in [0.1, 0.15) is 39.5 Å². The van der Waals surface area contributed by atoms with Gasteiger partial charge in [-0.1, -0.05) is 20.3 Å². The summed E-state index contributed by atoms with van der Waals surface area (Å²) in [5, 5.41) is 0. The molecule has 2 aromatic rings. The van der Waals surface area contributed by atoms with Crippen LogP contribution in [0, 0.1) is 5.92 Å². The van der Waals surface area contributed by atoms with E-state index in [0.29, 0.717) is 17.1 Å². The normalized spacial score (nSPS) is 18.7. The Kier molecular flexibility index (Phi) is 4.28. The van der Waals surface area contributed by atoms with Crippen molar-refractivity contribution >= 4 is 17.1 Å². The number of piperidine rings is 1. The average molecular weight is 319 g/mol. The van der Waals surface area contributed by atoms with Crippen LogP contribution in [0.3, 0.4) is 0 Å². The fourth-order valence-electron chi connectivity index (χ4n) is 3.36. The second kappa shape index (κ2) is 6.22. The van der Waals surface area contributed by atoms with Crippen LogP contribution in [-0.4, -0.2) is 32.2 Å². The van der Waals surface area contributed by atoms with Gasteiger partial charge in [-0.25, -0.2) is 4.79 Å². The topological polar surface area (TPSA) is 75.9 Å². The number of aromatic amines is 1. The third-order valence-corrected chi connectivity index (χ3v) is 4.66. The van der Waals surface area contributed by atoms with Crippen molar-refractivity contribution in [2.45, 2.75) is 46.1 Å². The molecule has 1 saturated heterocycles. The Morgan fingerprint density at radius 1 is 1.35 bits per heavy atom. The molecule has 23 heavy (non-hydrogen) atoms. The molecule has 126 valence electrons. The Morgan fingerprint density at radius 2 is 2.13 bits per heavy atom. The molecule has 1 N–H and O–H groups in total. The number of aryl methyl sites for hydroxylation is 2. The van der Waals surface area contributed by atoms with Gasteiger partial charge in [0, 0.05) is 26.7 Å². The number of H-pyrrole nitrogens is 1. The van der Waals surface area contributed by atoms with Crippen LogP contribution in [0.5, 0.6) is 0 Å². The minimum absolute atomic E-state index is 0.344. The zero-order valence-corrected chi connectivity index (χ0v) is 14.1. The number of aromatic nitrogens is 4. The van der Waals surface area contributed by atoms with Crippen molar-refractivity contribution in [2.75, 3.05) is 18.0 Å². The van der Waals surface area contributed by atoms with Crippen LogP contribution in [0.25, 0.3) is 11.2 Å². The van der Waals surface area contributed by atoms with Crippen molar-refractivity contribution in [3.8, 4) is 0 Å². The summed E-state index contributed by atoms with van der Waals surface area (Å²) in [7, 11) is 1.65. The van der Waals surface area contributed by atoms with Gasteiger partial charge >= 0.3 is 5.69 Å². The summed E-state index contributed by atoms with van der Waals surface area (Å²) < 4.78 is 3.42. The number of nitrogens with zero attached hydrogens (tertiary/aromatic N) is 4. The lowest BCUT2D eigenvalue weighted by atomic mass is 10.0. The van der Waals surface area contributed by atoms with E-state index in [-0.39, 0.29) is 5.56 Å². The molecule has 3 rings (SSSR count). The van der Waals surface area contributed by atoms with Gasteiger partial charge in [-0.2, -0.15) is 4.98 Å². The van der Waals surface area contributed by atoms with Crippen molar-refractivity contribution in [2.24, 2.45) is 13.0 Å². The molecule has 0 saturated carbocycles. The highest BCUT2D eigenvalue weighted by atomic mass is 16.2. The summed E-state index contributed by atoms with van der Waals surface area (Å²) in [6.45, 7) is 7.01. The Labute approximate surface area is 134 Å². The summed E-state index contributed by atoms with van der Waals surface area (Å²) in [6.07, 6.45) is 4.38. The molecule has 0 aliphatic carbocycles. The maximum absolute atomic E-state index is 12.3. The Hall–Kier alpha value is -2.05. The van der Waals surface area contributed by atoms with Gasteiger partial charge in [0.2, 0.25) is 5.95 Å². The van der Waals surface area contributed by atoms with Gasteiger partial charge in [0.1, 0.15) is 0 Å². The lowest BCUT2D eigenvalue weighted by Gasteiger charge is -2.32. The number of fused-ring (bicyclic) bond motifs is 1. The number of anilines is 1. The largest absolute Gasteiger partial charge is 0.342 e. The van der Waals surface area contributed by atoms with E-state index >= 15 is 0 Å². The van der Waals surface area contributed by atoms with E-state index in [1.165, 1.54) is 11.0 Å². The van der Waals surface area contributed by atoms with E-state index in [4.69, 9.17) is 0 Å². The van der Waals surface area contributed by atoms with E-state index in [1.54, 1.807) is 7.05 Å². The van der Waals surface area contributed by atoms with E-state index in [9.17, 15) is 9.59 Å². The number of hydrogen-bond acceptors (Lipinski definition) is 4. The third kappa shape index (κ3) is 2.80. The van der Waals surface area contributed by atoms with Crippen LogP contribution in [0.4, 0.5) is 5.95 Å². The summed E-state index contributed by atoms with van der Waals surface area (Å²) in [5.41, 5.74) is 0.223. The first-order valence-electron chi connectivity index (χ1n) is 8.47. The first-order valence-corrected chi connectivity index (χ1v) is 8.47. The van der Waals surface area contributed by atoms with Crippen molar-refractivity contribution in [1.29, 1.82) is 0 Å². The molecular weight excluding hydrogens is 294 g/mol. The number of imidazole rings is 1. The molecule has 1 fully saturated rings. The Morgan fingerprint density at radius 3 is 2.83 bits per heavy atom. The highest BCUT2D eigenvalue weighted by Gasteiger charge is 2.24. The predicted molar refractivity (Wildman–Crippen MR) is 91.1 cm³/mol. The minimum atomic E-state index is -0.416. The maximum Gasteiger partial charge on any atom is 0.329 e. The zero-order chi connectivity index (χ0) is 16.6. The lowest BCUT2D eigenvalue weighted by Crippen LogP contribution is -2.36. The molecule has 0 spiro atoms. The van der Waals surface area contributed by atoms with Crippen LogP contribution < -0.4 is 16.1 Å². The summed E-state index contributed by atoms with van der Waals surface area (Å²) >= 11 is 0. The van der Waals surface area contributed by atoms with Gasteiger partial charge in [-0.3, -0.25) is 14.3 Å². The Balaban J connectivity index is 2.19. The molecule has 7 nitrogen and oxygen atoms in total. The van der Waals surface area contributed by atoms with Gasteiger partial charge in [-0.15, -0.1) is 0 Å². The van der Waals surface area contributed by atoms with Gasteiger partial charge in [0.25, 0.3) is 5.56 Å². The molecular formula is C16H25N5O2. The fourth-order valence-corrected chi connectivity index (χ4v) is 3.36. The summed E-state index contributed by atoms with van der Waals surface area (Å²) in [6, 6.07) is 0. The predicted octanol–water partition coefficient (Wildman–Crippen LogP) is 1.46. The molecule has 0 unspecified atom stereocenters. The monoisotopic (exact) mass is 319 g/mol. The highest BCUT2D eigenvalue weighted by molar-refractivity contribution is 5.74. The molecule has 0 bridgehead atoms. The van der Waals surface area contributed by atoms with Crippen LogP contribution >= 0.6 is 0 Å². The van der Waals surface area contributed by atoms with Crippen molar-refractivity contribution in [3.05, 3.63) is 20.8 Å². The molecule has 0 radical (unpaired) electrons. The zero-order valence-electron chi connectivity index (χ0n) is 14.1. The molecule has 3 heterocycles. The standard InChI is InChI=1S/C16H25N5O2/c1-4-5-9-21-12-13(19(3)16(23)18-14(12)22)17-15(21)20-8-6-7-11(2)10-20/h11H,4-10H2,1-3H3,(H,18,22,23)/t11-/m0/s1. The van der Waals surface area contributed by atoms with Gasteiger partial charge in [0.15, 0.2) is 11.2 Å². The third-order valence-electron chi connectivity index (χ3n) is 4.66. The molecule has 2 aromatic heterocycles. The van der Waals surface area contributed by atoms with E-state index in [0.717, 1.165) is 44.8 Å². The number of unbranched alkanes of at least 4 members (excludes halogenated alkanes) is 1. The van der Waals surface area contributed by atoms with Gasteiger partial charge in [-0.05, 0) is 25.2 Å². The number of hydrogen-bond donors (Lipinski definition) is 1. The molecule has 1 aliphatic heterocycles. The maximum atomic E-state index is 12.3. The molecule has 0 amide bonds. The highest BCUT2D eigenvalue weighted by Crippen LogP contribution is 2.25. The lowest BCUT2D eigenvalue weighted by molar-refractivity contribution is 0.437. The van der Waals surface area contributed by atoms with Crippen LogP contribution in [-0.2, 0) is 13.6 Å². The number of rotatable bonds is 4. The van der Waals surface area contributed by atoms with Crippen LogP contribution in [0.15, 0.2) is 9.59 Å². The fraction of sp³-hybridized carbons (Fsp3) is 0.688. The van der Waals surface area contributed by atoms with E-state index < -0.39 is 5.69 Å². The smallest absolute Gasteiger partial charge is 0.329 e. The van der Waals surface area contributed by atoms with Crippen molar-refractivity contribution in [3.63, 3.8) is 0 Å². The molecule has 1 aliphatic rings. The second-order valence-corrected chi connectivity index (χ2v) is 6.60. The van der Waals surface area contributed by atoms with Crippen molar-refractivity contribution < 1.29 is 0 Å². The molecule has 1 atom stereocenters. The first-order chi connectivity index (χ1) is 11.0. The molecule has 0 aromatic carbocycles. The summed E-state index contributed by atoms with van der Waals surface area (Å²) in [5.74, 6) is 1.44.